The summed E-state index contributed by atoms with van der Waals surface area (Å²) >= 11 is 0. The van der Waals surface area contributed by atoms with Crippen LogP contribution in [0.4, 0.5) is 10.5 Å². The second kappa shape index (κ2) is 8.31. The molecule has 2 saturated heterocycles. The minimum atomic E-state index is -0.0729. The molecule has 0 atom stereocenters. The van der Waals surface area contributed by atoms with Crippen molar-refractivity contribution in [2.24, 2.45) is 0 Å². The Labute approximate surface area is 149 Å². The highest BCUT2D eigenvalue weighted by Crippen LogP contribution is 2.09. The van der Waals surface area contributed by atoms with Crippen molar-refractivity contribution in [1.82, 2.24) is 19.6 Å². The summed E-state index contributed by atoms with van der Waals surface area (Å²) in [5.74, 6) is 0.204. The Morgan fingerprint density at radius 1 is 0.880 bits per heavy atom. The number of nitrogens with one attached hydrogen (secondary N) is 1. The van der Waals surface area contributed by atoms with Crippen LogP contribution >= 0.6 is 0 Å². The van der Waals surface area contributed by atoms with Crippen LogP contribution < -0.4 is 5.32 Å². The number of amides is 3. The monoisotopic (exact) mass is 345 g/mol. The van der Waals surface area contributed by atoms with Crippen LogP contribution in [0, 0.1) is 0 Å². The average molecular weight is 345 g/mol. The third kappa shape index (κ3) is 4.93. The molecule has 2 aliphatic heterocycles. The Balaban J connectivity index is 1.41. The van der Waals surface area contributed by atoms with E-state index in [0.717, 1.165) is 45.0 Å². The second-order valence-corrected chi connectivity index (χ2v) is 6.74. The zero-order valence-electron chi connectivity index (χ0n) is 14.9. The standard InChI is InChI=1S/C18H27N5O2/c1-20-7-11-22(12-8-20)17(24)15-21-9-13-23(14-10-21)18(25)19-16-5-3-2-4-6-16/h2-6H,7-15H2,1H3,(H,19,25). The van der Waals surface area contributed by atoms with Crippen molar-refractivity contribution in [1.29, 1.82) is 0 Å². The molecule has 7 heteroatoms. The van der Waals surface area contributed by atoms with Crippen LogP contribution in [-0.2, 0) is 4.79 Å². The molecule has 1 aromatic carbocycles. The van der Waals surface area contributed by atoms with Gasteiger partial charge in [0.2, 0.25) is 5.91 Å². The van der Waals surface area contributed by atoms with Gasteiger partial charge in [-0.3, -0.25) is 9.69 Å². The van der Waals surface area contributed by atoms with Gasteiger partial charge in [-0.25, -0.2) is 4.79 Å². The molecule has 0 bridgehead atoms. The van der Waals surface area contributed by atoms with E-state index in [1.54, 1.807) is 0 Å². The number of benzene rings is 1. The van der Waals surface area contributed by atoms with Crippen molar-refractivity contribution >= 4 is 17.6 Å². The van der Waals surface area contributed by atoms with Gasteiger partial charge in [0, 0.05) is 58.0 Å². The number of anilines is 1. The number of hydrogen-bond acceptors (Lipinski definition) is 4. The molecule has 0 saturated carbocycles. The summed E-state index contributed by atoms with van der Waals surface area (Å²) in [7, 11) is 2.08. The summed E-state index contributed by atoms with van der Waals surface area (Å²) in [4.78, 5) is 32.8. The van der Waals surface area contributed by atoms with Crippen molar-refractivity contribution in [3.63, 3.8) is 0 Å². The molecule has 2 aliphatic rings. The third-order valence-corrected chi connectivity index (χ3v) is 4.90. The molecule has 25 heavy (non-hydrogen) atoms. The molecule has 7 nitrogen and oxygen atoms in total. The van der Waals surface area contributed by atoms with E-state index in [4.69, 9.17) is 0 Å². The first-order chi connectivity index (χ1) is 12.1. The van der Waals surface area contributed by atoms with Crippen LogP contribution in [0.2, 0.25) is 0 Å². The molecule has 0 radical (unpaired) electrons. The van der Waals surface area contributed by atoms with Crippen LogP contribution in [0.5, 0.6) is 0 Å². The Morgan fingerprint density at radius 3 is 2.12 bits per heavy atom. The van der Waals surface area contributed by atoms with E-state index in [2.05, 4.69) is 22.2 Å². The summed E-state index contributed by atoms with van der Waals surface area (Å²) in [5.41, 5.74) is 0.806. The van der Waals surface area contributed by atoms with Gasteiger partial charge in [-0.15, -0.1) is 0 Å². The van der Waals surface area contributed by atoms with Gasteiger partial charge >= 0.3 is 6.03 Å². The predicted octanol–water partition coefficient (Wildman–Crippen LogP) is 0.610. The lowest BCUT2D eigenvalue weighted by Crippen LogP contribution is -2.54. The Hall–Kier alpha value is -2.12. The largest absolute Gasteiger partial charge is 0.339 e. The average Bonchev–Trinajstić information content (AvgIpc) is 2.63. The zero-order chi connectivity index (χ0) is 17.6. The van der Waals surface area contributed by atoms with Crippen LogP contribution in [0.25, 0.3) is 0 Å². The normalized spacial score (nSPS) is 19.7. The second-order valence-electron chi connectivity index (χ2n) is 6.74. The minimum absolute atomic E-state index is 0.0729. The summed E-state index contributed by atoms with van der Waals surface area (Å²) in [5, 5.41) is 2.91. The zero-order valence-corrected chi connectivity index (χ0v) is 14.9. The minimum Gasteiger partial charge on any atom is -0.339 e. The number of urea groups is 1. The van der Waals surface area contributed by atoms with Gasteiger partial charge in [0.25, 0.3) is 0 Å². The highest BCUT2D eigenvalue weighted by molar-refractivity contribution is 5.89. The highest BCUT2D eigenvalue weighted by atomic mass is 16.2. The maximum Gasteiger partial charge on any atom is 0.321 e. The van der Waals surface area contributed by atoms with Gasteiger partial charge in [0.15, 0.2) is 0 Å². The lowest BCUT2D eigenvalue weighted by atomic mass is 10.3. The van der Waals surface area contributed by atoms with Crippen molar-refractivity contribution < 1.29 is 9.59 Å². The molecule has 3 amide bonds. The van der Waals surface area contributed by atoms with E-state index in [-0.39, 0.29) is 11.9 Å². The summed E-state index contributed by atoms with van der Waals surface area (Å²) in [6, 6.07) is 9.41. The molecule has 0 spiro atoms. The highest BCUT2D eigenvalue weighted by Gasteiger charge is 2.25. The molecular weight excluding hydrogens is 318 g/mol. The first-order valence-corrected chi connectivity index (χ1v) is 8.91. The van der Waals surface area contributed by atoms with Gasteiger partial charge < -0.3 is 20.0 Å². The molecule has 2 heterocycles. The molecule has 1 aromatic rings. The van der Waals surface area contributed by atoms with Gasteiger partial charge in [-0.1, -0.05) is 18.2 Å². The lowest BCUT2D eigenvalue weighted by molar-refractivity contribution is -0.134. The Morgan fingerprint density at radius 2 is 1.48 bits per heavy atom. The maximum atomic E-state index is 12.4. The summed E-state index contributed by atoms with van der Waals surface area (Å²) in [6.45, 7) is 6.74. The Bertz CT molecular complexity index is 578. The molecule has 0 aliphatic carbocycles. The fourth-order valence-electron chi connectivity index (χ4n) is 3.18. The van der Waals surface area contributed by atoms with E-state index >= 15 is 0 Å². The van der Waals surface area contributed by atoms with Crippen molar-refractivity contribution in [3.8, 4) is 0 Å². The third-order valence-electron chi connectivity index (χ3n) is 4.90. The van der Waals surface area contributed by atoms with E-state index in [9.17, 15) is 9.59 Å². The van der Waals surface area contributed by atoms with Crippen molar-refractivity contribution in [2.45, 2.75) is 0 Å². The summed E-state index contributed by atoms with van der Waals surface area (Å²) < 4.78 is 0. The van der Waals surface area contributed by atoms with Crippen LogP contribution in [0.15, 0.2) is 30.3 Å². The van der Waals surface area contributed by atoms with Crippen LogP contribution in [0.3, 0.4) is 0 Å². The smallest absolute Gasteiger partial charge is 0.321 e. The first-order valence-electron chi connectivity index (χ1n) is 8.91. The first kappa shape index (κ1) is 17.7. The molecule has 2 fully saturated rings. The van der Waals surface area contributed by atoms with Crippen molar-refractivity contribution in [2.75, 3.05) is 71.3 Å². The van der Waals surface area contributed by atoms with Crippen molar-refractivity contribution in [3.05, 3.63) is 30.3 Å². The number of likely N-dealkylation sites (N-methyl/N-ethyl adjacent to an activating group) is 1. The number of hydrogen-bond donors (Lipinski definition) is 1. The number of nitrogens with zero attached hydrogens (tertiary/aromatic N) is 4. The fraction of sp³-hybridized carbons (Fsp3) is 0.556. The van der Waals surface area contributed by atoms with Gasteiger partial charge in [-0.2, -0.15) is 0 Å². The maximum absolute atomic E-state index is 12.4. The van der Waals surface area contributed by atoms with E-state index in [0.29, 0.717) is 19.6 Å². The summed E-state index contributed by atoms with van der Waals surface area (Å²) in [6.07, 6.45) is 0. The topological polar surface area (TPSA) is 59.1 Å². The van der Waals surface area contributed by atoms with Crippen LogP contribution in [0.1, 0.15) is 0 Å². The van der Waals surface area contributed by atoms with E-state index in [1.807, 2.05) is 40.1 Å². The molecule has 0 unspecified atom stereocenters. The van der Waals surface area contributed by atoms with E-state index in [1.165, 1.54) is 0 Å². The molecule has 136 valence electrons. The van der Waals surface area contributed by atoms with Gasteiger partial charge in [0.05, 0.1) is 6.54 Å². The lowest BCUT2D eigenvalue weighted by Gasteiger charge is -2.37. The molecule has 0 aromatic heterocycles. The van der Waals surface area contributed by atoms with Crippen LogP contribution in [-0.4, -0.2) is 97.5 Å². The van der Waals surface area contributed by atoms with Gasteiger partial charge in [-0.05, 0) is 19.2 Å². The fourth-order valence-corrected chi connectivity index (χ4v) is 3.18. The molecule has 1 N–H and O–H groups in total. The quantitative estimate of drug-likeness (QED) is 0.872. The number of rotatable bonds is 3. The number of carbonyl (C=O) groups excluding carboxylic acids is 2. The molecule has 3 rings (SSSR count). The number of para-hydroxylation sites is 1. The number of piperazine rings is 2. The SMILES string of the molecule is CN1CCN(C(=O)CN2CCN(C(=O)Nc3ccccc3)CC2)CC1. The van der Waals surface area contributed by atoms with Gasteiger partial charge in [0.1, 0.15) is 0 Å². The number of carbonyl (C=O) groups is 2. The predicted molar refractivity (Wildman–Crippen MR) is 97.6 cm³/mol. The molecular formula is C18H27N5O2. The Kier molecular flexibility index (Phi) is 5.88. The van der Waals surface area contributed by atoms with E-state index < -0.39 is 0 Å².